The second-order valence-corrected chi connectivity index (χ2v) is 8.64. The number of halogens is 2. The third kappa shape index (κ3) is 4.13. The van der Waals surface area contributed by atoms with E-state index in [1.807, 2.05) is 49.1 Å². The summed E-state index contributed by atoms with van der Waals surface area (Å²) in [6.45, 7) is 7.08. The molecule has 0 radical (unpaired) electrons. The Morgan fingerprint density at radius 3 is 2.48 bits per heavy atom. The summed E-state index contributed by atoms with van der Waals surface area (Å²) in [5.74, 6) is 0.0820. The lowest BCUT2D eigenvalue weighted by Gasteiger charge is -2.28. The van der Waals surface area contributed by atoms with Gasteiger partial charge in [0.05, 0.1) is 5.71 Å². The van der Waals surface area contributed by atoms with Gasteiger partial charge in [0.25, 0.3) is 5.91 Å². The van der Waals surface area contributed by atoms with E-state index in [9.17, 15) is 4.79 Å². The quantitative estimate of drug-likeness (QED) is 0.783. The first-order chi connectivity index (χ1) is 13.9. The second-order valence-electron chi connectivity index (χ2n) is 7.77. The van der Waals surface area contributed by atoms with Crippen molar-refractivity contribution in [2.75, 3.05) is 26.2 Å². The number of nitrogens with one attached hydrogen (secondary N) is 1. The maximum Gasteiger partial charge on any atom is 0.254 e. The molecular formula is C22H23Cl2N3O2. The summed E-state index contributed by atoms with van der Waals surface area (Å²) in [4.78, 5) is 20.5. The van der Waals surface area contributed by atoms with Gasteiger partial charge in [-0.1, -0.05) is 34.4 Å². The number of nitrogens with zero attached hydrogens (tertiary/aromatic N) is 2. The van der Waals surface area contributed by atoms with Crippen molar-refractivity contribution < 1.29 is 9.63 Å². The number of carbonyl (C=O) groups is 1. The van der Waals surface area contributed by atoms with Crippen LogP contribution < -0.4 is 5.32 Å². The largest absolute Gasteiger partial charge is 0.384 e. The molecule has 0 aromatic heterocycles. The topological polar surface area (TPSA) is 53.9 Å². The second kappa shape index (κ2) is 7.98. The fraction of sp³-hybridized carbons (Fsp3) is 0.364. The van der Waals surface area contributed by atoms with Gasteiger partial charge < -0.3 is 15.1 Å². The molecule has 1 atom stereocenters. The number of amides is 1. The van der Waals surface area contributed by atoms with E-state index in [1.54, 1.807) is 6.07 Å². The Balaban J connectivity index is 1.53. The summed E-state index contributed by atoms with van der Waals surface area (Å²) in [5.41, 5.74) is 3.72. The van der Waals surface area contributed by atoms with Gasteiger partial charge in [0.15, 0.2) is 5.60 Å². The highest BCUT2D eigenvalue weighted by molar-refractivity contribution is 6.34. The molecule has 29 heavy (non-hydrogen) atoms. The van der Waals surface area contributed by atoms with E-state index in [0.29, 0.717) is 16.5 Å². The van der Waals surface area contributed by atoms with Crippen LogP contribution in [0.5, 0.6) is 0 Å². The van der Waals surface area contributed by atoms with Crippen LogP contribution >= 0.6 is 23.2 Å². The minimum Gasteiger partial charge on any atom is -0.384 e. The number of aryl methyl sites for hydroxylation is 1. The number of benzene rings is 2. The number of rotatable bonds is 3. The number of hydrogen-bond acceptors (Lipinski definition) is 4. The summed E-state index contributed by atoms with van der Waals surface area (Å²) in [5, 5.41) is 8.73. The van der Waals surface area contributed by atoms with Crippen LogP contribution in [0.25, 0.3) is 0 Å². The fourth-order valence-electron chi connectivity index (χ4n) is 3.83. The van der Waals surface area contributed by atoms with E-state index in [1.165, 1.54) is 0 Å². The predicted molar refractivity (Wildman–Crippen MR) is 116 cm³/mol. The molecule has 1 unspecified atom stereocenters. The summed E-state index contributed by atoms with van der Waals surface area (Å²) in [6.07, 6.45) is 0.591. The highest BCUT2D eigenvalue weighted by Gasteiger charge is 2.37. The summed E-state index contributed by atoms with van der Waals surface area (Å²) < 4.78 is 0. The van der Waals surface area contributed by atoms with Crippen LogP contribution in [-0.2, 0) is 10.4 Å². The van der Waals surface area contributed by atoms with Crippen LogP contribution in [0.2, 0.25) is 10.0 Å². The Labute approximate surface area is 180 Å². The first-order valence-electron chi connectivity index (χ1n) is 9.68. The molecule has 2 aliphatic heterocycles. The number of hydrogen-bond donors (Lipinski definition) is 1. The minimum absolute atomic E-state index is 0.0820. The lowest BCUT2D eigenvalue weighted by atomic mass is 9.88. The maximum absolute atomic E-state index is 12.8. The zero-order valence-corrected chi connectivity index (χ0v) is 18.0. The SMILES string of the molecule is Cc1cc(C2=NOC(C)(c3cc(Cl)cc(Cl)c3)C2)ccc1C(=O)N1CCNCC1. The van der Waals surface area contributed by atoms with Crippen LogP contribution in [-0.4, -0.2) is 42.7 Å². The first-order valence-corrected chi connectivity index (χ1v) is 10.4. The first kappa shape index (κ1) is 20.2. The maximum atomic E-state index is 12.8. The average Bonchev–Trinajstić information content (AvgIpc) is 3.11. The van der Waals surface area contributed by atoms with Crippen molar-refractivity contribution in [3.05, 3.63) is 68.7 Å². The van der Waals surface area contributed by atoms with Crippen molar-refractivity contribution in [2.24, 2.45) is 5.16 Å². The lowest BCUT2D eigenvalue weighted by Crippen LogP contribution is -2.46. The minimum atomic E-state index is -0.632. The third-order valence-electron chi connectivity index (χ3n) is 5.53. The fourth-order valence-corrected chi connectivity index (χ4v) is 4.36. The van der Waals surface area contributed by atoms with Gasteiger partial charge in [-0.2, -0.15) is 0 Å². The lowest BCUT2D eigenvalue weighted by molar-refractivity contribution is -0.00737. The molecule has 2 aromatic rings. The normalized spacial score (nSPS) is 21.7. The Morgan fingerprint density at radius 1 is 1.14 bits per heavy atom. The van der Waals surface area contributed by atoms with Gasteiger partial charge in [-0.3, -0.25) is 4.79 Å². The van der Waals surface area contributed by atoms with Crippen LogP contribution in [0.4, 0.5) is 0 Å². The molecule has 0 bridgehead atoms. The molecule has 0 spiro atoms. The van der Waals surface area contributed by atoms with Gasteiger partial charge in [0.1, 0.15) is 0 Å². The molecule has 7 heteroatoms. The molecule has 2 aliphatic rings. The van der Waals surface area contributed by atoms with E-state index < -0.39 is 5.60 Å². The van der Waals surface area contributed by atoms with Crippen LogP contribution in [0.15, 0.2) is 41.6 Å². The Morgan fingerprint density at radius 2 is 1.83 bits per heavy atom. The summed E-state index contributed by atoms with van der Waals surface area (Å²) in [6, 6.07) is 11.3. The van der Waals surface area contributed by atoms with Gasteiger partial charge in [-0.15, -0.1) is 0 Å². The van der Waals surface area contributed by atoms with E-state index in [0.717, 1.165) is 54.1 Å². The molecule has 5 nitrogen and oxygen atoms in total. The van der Waals surface area contributed by atoms with Crippen LogP contribution in [0.1, 0.15) is 40.4 Å². The monoisotopic (exact) mass is 431 g/mol. The molecule has 1 N–H and O–H groups in total. The zero-order chi connectivity index (χ0) is 20.6. The van der Waals surface area contributed by atoms with E-state index in [-0.39, 0.29) is 5.91 Å². The highest BCUT2D eigenvalue weighted by atomic mass is 35.5. The zero-order valence-electron chi connectivity index (χ0n) is 16.5. The molecule has 1 saturated heterocycles. The van der Waals surface area contributed by atoms with Crippen molar-refractivity contribution in [3.63, 3.8) is 0 Å². The smallest absolute Gasteiger partial charge is 0.254 e. The third-order valence-corrected chi connectivity index (χ3v) is 5.97. The molecule has 2 heterocycles. The average molecular weight is 432 g/mol. The molecule has 152 valence electrons. The van der Waals surface area contributed by atoms with Gasteiger partial charge in [0, 0.05) is 53.8 Å². The molecule has 4 rings (SSSR count). The summed E-state index contributed by atoms with van der Waals surface area (Å²) >= 11 is 12.3. The van der Waals surface area contributed by atoms with Gasteiger partial charge >= 0.3 is 0 Å². The molecule has 0 saturated carbocycles. The predicted octanol–water partition coefficient (Wildman–Crippen LogP) is 4.39. The number of piperazine rings is 1. The molecule has 0 aliphatic carbocycles. The van der Waals surface area contributed by atoms with Gasteiger partial charge in [-0.05, 0) is 55.3 Å². The van der Waals surface area contributed by atoms with Crippen LogP contribution in [0, 0.1) is 6.92 Å². The molecule has 2 aromatic carbocycles. The summed E-state index contributed by atoms with van der Waals surface area (Å²) in [7, 11) is 0. The van der Waals surface area contributed by atoms with E-state index >= 15 is 0 Å². The van der Waals surface area contributed by atoms with Gasteiger partial charge in [-0.25, -0.2) is 0 Å². The Hall–Kier alpha value is -2.08. The van der Waals surface area contributed by atoms with E-state index in [2.05, 4.69) is 10.5 Å². The van der Waals surface area contributed by atoms with Crippen molar-refractivity contribution in [3.8, 4) is 0 Å². The molecular weight excluding hydrogens is 409 g/mol. The van der Waals surface area contributed by atoms with Crippen molar-refractivity contribution in [2.45, 2.75) is 25.9 Å². The highest BCUT2D eigenvalue weighted by Crippen LogP contribution is 2.38. The standard InChI is InChI=1S/C22H23Cl2N3O2/c1-14-9-15(3-4-19(14)21(28)27-7-5-25-6-8-27)20-13-22(2,29-26-20)16-10-17(23)12-18(24)11-16/h3-4,9-12,25H,5-8,13H2,1-2H3. The van der Waals surface area contributed by atoms with Gasteiger partial charge in [0.2, 0.25) is 0 Å². The molecule has 1 fully saturated rings. The Kier molecular flexibility index (Phi) is 5.56. The van der Waals surface area contributed by atoms with Crippen molar-refractivity contribution >= 4 is 34.8 Å². The van der Waals surface area contributed by atoms with E-state index in [4.69, 9.17) is 28.0 Å². The Bertz CT molecular complexity index is 966. The van der Waals surface area contributed by atoms with Crippen molar-refractivity contribution in [1.82, 2.24) is 10.2 Å². The number of carbonyl (C=O) groups excluding carboxylic acids is 1. The van der Waals surface area contributed by atoms with Crippen LogP contribution in [0.3, 0.4) is 0 Å². The molecule has 1 amide bonds. The number of oxime groups is 1. The van der Waals surface area contributed by atoms with Crippen molar-refractivity contribution in [1.29, 1.82) is 0 Å².